The predicted octanol–water partition coefficient (Wildman–Crippen LogP) is 2.04. The van der Waals surface area contributed by atoms with Gasteiger partial charge in [0, 0.05) is 0 Å². The van der Waals surface area contributed by atoms with Crippen molar-refractivity contribution in [1.82, 2.24) is 0 Å². The normalized spacial score (nSPS) is 32.5. The van der Waals surface area contributed by atoms with Gasteiger partial charge in [0.25, 0.3) is 0 Å². The lowest BCUT2D eigenvalue weighted by atomic mass is 10.0. The van der Waals surface area contributed by atoms with Crippen LogP contribution in [-0.2, 0) is 4.74 Å². The van der Waals surface area contributed by atoms with Crippen molar-refractivity contribution in [2.75, 3.05) is 0 Å². The number of epoxide rings is 1. The van der Waals surface area contributed by atoms with E-state index in [4.69, 9.17) is 10.00 Å². The summed E-state index contributed by atoms with van der Waals surface area (Å²) in [7, 11) is 0. The minimum absolute atomic E-state index is 0.0244. The number of rotatable bonds is 1. The van der Waals surface area contributed by atoms with Crippen molar-refractivity contribution in [3.8, 4) is 6.07 Å². The zero-order valence-corrected chi connectivity index (χ0v) is 6.82. The Balaban J connectivity index is 2.23. The topological polar surface area (TPSA) is 36.3 Å². The van der Waals surface area contributed by atoms with Crippen molar-refractivity contribution in [2.24, 2.45) is 0 Å². The summed E-state index contributed by atoms with van der Waals surface area (Å²) in [6.45, 7) is 1.81. The summed E-state index contributed by atoms with van der Waals surface area (Å²) in [6.07, 6.45) is -0.0244. The maximum absolute atomic E-state index is 8.72. The van der Waals surface area contributed by atoms with Crippen molar-refractivity contribution in [3.63, 3.8) is 0 Å². The van der Waals surface area contributed by atoms with Crippen LogP contribution in [0.15, 0.2) is 30.3 Å². The molecule has 60 valence electrons. The van der Waals surface area contributed by atoms with Gasteiger partial charge in [-0.05, 0) is 12.5 Å². The molecule has 2 unspecified atom stereocenters. The summed E-state index contributed by atoms with van der Waals surface area (Å²) < 4.78 is 5.28. The second-order valence-corrected chi connectivity index (χ2v) is 3.13. The lowest BCUT2D eigenvalue weighted by molar-refractivity contribution is 0.349. The Morgan fingerprint density at radius 2 is 2.08 bits per heavy atom. The van der Waals surface area contributed by atoms with Crippen molar-refractivity contribution in [1.29, 1.82) is 5.26 Å². The number of hydrogen-bond donors (Lipinski definition) is 0. The molecule has 0 aliphatic carbocycles. The van der Waals surface area contributed by atoms with E-state index in [1.165, 1.54) is 0 Å². The first-order chi connectivity index (χ1) is 5.76. The Bertz CT molecular complexity index is 327. The average Bonchev–Trinajstić information content (AvgIpc) is 2.81. The molecule has 0 spiro atoms. The van der Waals surface area contributed by atoms with E-state index >= 15 is 0 Å². The molecule has 0 bridgehead atoms. The lowest BCUT2D eigenvalue weighted by Crippen LogP contribution is -2.00. The first kappa shape index (κ1) is 7.33. The van der Waals surface area contributed by atoms with Gasteiger partial charge in [-0.15, -0.1) is 0 Å². The van der Waals surface area contributed by atoms with Crippen LogP contribution in [0.25, 0.3) is 0 Å². The Hall–Kier alpha value is -1.33. The maximum Gasteiger partial charge on any atom is 0.182 e. The van der Waals surface area contributed by atoms with Crippen molar-refractivity contribution < 1.29 is 4.74 Å². The van der Waals surface area contributed by atoms with E-state index in [9.17, 15) is 0 Å². The van der Waals surface area contributed by atoms with E-state index in [1.54, 1.807) is 0 Å². The zero-order valence-electron chi connectivity index (χ0n) is 6.82. The number of nitrogens with zero attached hydrogens (tertiary/aromatic N) is 1. The van der Waals surface area contributed by atoms with Crippen LogP contribution in [0.1, 0.15) is 18.6 Å². The van der Waals surface area contributed by atoms with Gasteiger partial charge in [-0.2, -0.15) is 5.26 Å². The van der Waals surface area contributed by atoms with Crippen LogP contribution in [0.4, 0.5) is 0 Å². The molecule has 1 aliphatic rings. The Kier molecular flexibility index (Phi) is 1.42. The maximum atomic E-state index is 8.72. The van der Waals surface area contributed by atoms with Crippen molar-refractivity contribution >= 4 is 0 Å². The molecule has 1 aromatic carbocycles. The molecule has 1 aromatic rings. The van der Waals surface area contributed by atoms with E-state index in [2.05, 4.69) is 6.07 Å². The first-order valence-electron chi connectivity index (χ1n) is 3.90. The fourth-order valence-electron chi connectivity index (χ4n) is 1.31. The van der Waals surface area contributed by atoms with Crippen LogP contribution >= 0.6 is 0 Å². The molecule has 0 aromatic heterocycles. The molecule has 2 atom stereocenters. The molecule has 1 heterocycles. The summed E-state index contributed by atoms with van der Waals surface area (Å²) in [5.41, 5.74) is 0.503. The van der Waals surface area contributed by atoms with Gasteiger partial charge in [0.2, 0.25) is 0 Å². The van der Waals surface area contributed by atoms with Crippen LogP contribution in [0.3, 0.4) is 0 Å². The molecule has 0 amide bonds. The Morgan fingerprint density at radius 3 is 2.58 bits per heavy atom. The summed E-state index contributed by atoms with van der Waals surface area (Å²) >= 11 is 0. The largest absolute Gasteiger partial charge is 0.345 e. The molecule has 2 rings (SSSR count). The van der Waals surface area contributed by atoms with Gasteiger partial charge < -0.3 is 4.74 Å². The molecule has 0 N–H and O–H groups in total. The summed E-state index contributed by atoms with van der Waals surface area (Å²) in [5, 5.41) is 8.72. The minimum Gasteiger partial charge on any atom is -0.345 e. The molecule has 1 aliphatic heterocycles. The van der Waals surface area contributed by atoms with Gasteiger partial charge in [-0.3, -0.25) is 0 Å². The molecule has 0 saturated carbocycles. The molecular formula is C10H9NO. The molecule has 1 fully saturated rings. The molecule has 12 heavy (non-hydrogen) atoms. The van der Waals surface area contributed by atoms with E-state index in [1.807, 2.05) is 37.3 Å². The van der Waals surface area contributed by atoms with Crippen LogP contribution in [0.5, 0.6) is 0 Å². The molecule has 2 heteroatoms. The zero-order chi connectivity index (χ0) is 8.60. The summed E-state index contributed by atoms with van der Waals surface area (Å²) in [6, 6.07) is 12.0. The highest BCUT2D eigenvalue weighted by Crippen LogP contribution is 2.48. The van der Waals surface area contributed by atoms with Crippen LogP contribution < -0.4 is 0 Å². The van der Waals surface area contributed by atoms with Gasteiger partial charge in [-0.1, -0.05) is 30.3 Å². The van der Waals surface area contributed by atoms with E-state index in [0.29, 0.717) is 0 Å². The average molecular weight is 159 g/mol. The Morgan fingerprint density at radius 1 is 1.42 bits per heavy atom. The van der Waals surface area contributed by atoms with Gasteiger partial charge in [-0.25, -0.2) is 0 Å². The number of nitriles is 1. The standard InChI is InChI=1S/C10H9NO/c1-10(7-11)9(12-10)8-5-3-2-4-6-8/h2-6,9H,1H3. The third kappa shape index (κ3) is 0.992. The second kappa shape index (κ2) is 2.33. The summed E-state index contributed by atoms with van der Waals surface area (Å²) in [4.78, 5) is 0. The third-order valence-corrected chi connectivity index (χ3v) is 2.13. The van der Waals surface area contributed by atoms with Gasteiger partial charge >= 0.3 is 0 Å². The minimum atomic E-state index is -0.582. The molecule has 2 nitrogen and oxygen atoms in total. The summed E-state index contributed by atoms with van der Waals surface area (Å²) in [5.74, 6) is 0. The molecule has 1 saturated heterocycles. The molecular weight excluding hydrogens is 150 g/mol. The fraction of sp³-hybridized carbons (Fsp3) is 0.300. The van der Waals surface area contributed by atoms with Crippen LogP contribution in [0.2, 0.25) is 0 Å². The monoisotopic (exact) mass is 159 g/mol. The van der Waals surface area contributed by atoms with E-state index < -0.39 is 5.60 Å². The van der Waals surface area contributed by atoms with Crippen molar-refractivity contribution in [3.05, 3.63) is 35.9 Å². The van der Waals surface area contributed by atoms with E-state index in [0.717, 1.165) is 5.56 Å². The highest BCUT2D eigenvalue weighted by atomic mass is 16.6. The third-order valence-electron chi connectivity index (χ3n) is 2.13. The van der Waals surface area contributed by atoms with E-state index in [-0.39, 0.29) is 6.10 Å². The number of benzene rings is 1. The van der Waals surface area contributed by atoms with Crippen LogP contribution in [0, 0.1) is 11.3 Å². The smallest absolute Gasteiger partial charge is 0.182 e. The van der Waals surface area contributed by atoms with Gasteiger partial charge in [0.15, 0.2) is 5.60 Å². The quantitative estimate of drug-likeness (QED) is 0.588. The van der Waals surface area contributed by atoms with Gasteiger partial charge in [0.1, 0.15) is 12.2 Å². The SMILES string of the molecule is CC1(C#N)OC1c1ccccc1. The number of hydrogen-bond acceptors (Lipinski definition) is 2. The predicted molar refractivity (Wildman–Crippen MR) is 44.3 cm³/mol. The fourth-order valence-corrected chi connectivity index (χ4v) is 1.31. The van der Waals surface area contributed by atoms with Gasteiger partial charge in [0.05, 0.1) is 0 Å². The first-order valence-corrected chi connectivity index (χ1v) is 3.90. The van der Waals surface area contributed by atoms with Crippen LogP contribution in [-0.4, -0.2) is 5.60 Å². The second-order valence-electron chi connectivity index (χ2n) is 3.13. The highest BCUT2D eigenvalue weighted by Gasteiger charge is 2.53. The van der Waals surface area contributed by atoms with Crippen molar-refractivity contribution in [2.45, 2.75) is 18.6 Å². The Labute approximate surface area is 71.4 Å². The lowest BCUT2D eigenvalue weighted by Gasteiger charge is -1.93. The molecule has 0 radical (unpaired) electrons. The highest BCUT2D eigenvalue weighted by molar-refractivity contribution is 5.30. The number of ether oxygens (including phenoxy) is 1.